The van der Waals surface area contributed by atoms with Crippen LogP contribution in [0.3, 0.4) is 0 Å². The maximum atomic E-state index is 13.7. The van der Waals surface area contributed by atoms with Crippen LogP contribution in [-0.2, 0) is 6.54 Å². The Morgan fingerprint density at radius 1 is 1.35 bits per heavy atom. The van der Waals surface area contributed by atoms with Crippen molar-refractivity contribution in [1.82, 2.24) is 9.80 Å². The first-order valence-corrected chi connectivity index (χ1v) is 6.95. The topological polar surface area (TPSA) is 26.7 Å². The summed E-state index contributed by atoms with van der Waals surface area (Å²) in [6.45, 7) is 2.14. The second-order valence-corrected chi connectivity index (χ2v) is 5.71. The van der Waals surface area contributed by atoms with Crippen LogP contribution < -0.4 is 0 Å². The van der Waals surface area contributed by atoms with Crippen molar-refractivity contribution in [2.24, 2.45) is 5.92 Å². The number of rotatable bonds is 4. The lowest BCUT2D eigenvalue weighted by atomic mass is 9.91. The first-order chi connectivity index (χ1) is 9.52. The van der Waals surface area contributed by atoms with Crippen LogP contribution in [0, 0.1) is 17.6 Å². The molecule has 0 aliphatic carbocycles. The molecular formula is C15H22F2N2O. The van der Waals surface area contributed by atoms with E-state index in [1.165, 1.54) is 6.07 Å². The van der Waals surface area contributed by atoms with Crippen molar-refractivity contribution in [2.45, 2.75) is 19.0 Å². The molecule has 3 nitrogen and oxygen atoms in total. The summed E-state index contributed by atoms with van der Waals surface area (Å²) < 4.78 is 26.9. The molecule has 1 heterocycles. The molecule has 0 aromatic heterocycles. The van der Waals surface area contributed by atoms with E-state index in [0.29, 0.717) is 12.1 Å². The van der Waals surface area contributed by atoms with Crippen LogP contribution in [0.4, 0.5) is 8.78 Å². The Bertz CT molecular complexity index is 453. The number of aliphatic hydroxyl groups excluding tert-OH is 1. The fraction of sp³-hybridized carbons (Fsp3) is 0.600. The molecule has 0 saturated carbocycles. The standard InChI is InChI=1S/C15H22F2N2O/c1-18(2)14-9-19(7-6-12(14)10-20)8-11-4-3-5-13(16)15(11)17/h3-5,12,14,20H,6-10H2,1-2H3/t12-,14-/m1/s1. The molecule has 20 heavy (non-hydrogen) atoms. The second kappa shape index (κ2) is 6.61. The van der Waals surface area contributed by atoms with Crippen LogP contribution in [0.15, 0.2) is 18.2 Å². The van der Waals surface area contributed by atoms with E-state index in [-0.39, 0.29) is 18.6 Å². The molecule has 0 unspecified atom stereocenters. The Hall–Kier alpha value is -1.04. The van der Waals surface area contributed by atoms with Crippen LogP contribution in [0.2, 0.25) is 0 Å². The van der Waals surface area contributed by atoms with Crippen LogP contribution in [0.25, 0.3) is 0 Å². The Morgan fingerprint density at radius 3 is 2.75 bits per heavy atom. The van der Waals surface area contributed by atoms with Crippen LogP contribution in [-0.4, -0.2) is 54.7 Å². The molecule has 2 atom stereocenters. The van der Waals surface area contributed by atoms with E-state index in [9.17, 15) is 13.9 Å². The number of hydrogen-bond donors (Lipinski definition) is 1. The largest absolute Gasteiger partial charge is 0.396 e. The molecule has 1 fully saturated rings. The Morgan fingerprint density at radius 2 is 2.10 bits per heavy atom. The summed E-state index contributed by atoms with van der Waals surface area (Å²) in [4.78, 5) is 4.21. The van der Waals surface area contributed by atoms with Crippen molar-refractivity contribution in [1.29, 1.82) is 0 Å². The van der Waals surface area contributed by atoms with Gasteiger partial charge in [0.05, 0.1) is 0 Å². The third kappa shape index (κ3) is 3.34. The van der Waals surface area contributed by atoms with E-state index in [2.05, 4.69) is 9.80 Å². The molecule has 1 aromatic carbocycles. The normalized spacial score (nSPS) is 24.3. The average Bonchev–Trinajstić information content (AvgIpc) is 2.43. The van der Waals surface area contributed by atoms with Gasteiger partial charge in [0.1, 0.15) is 0 Å². The monoisotopic (exact) mass is 284 g/mol. The van der Waals surface area contributed by atoms with Crippen molar-refractivity contribution >= 4 is 0 Å². The summed E-state index contributed by atoms with van der Waals surface area (Å²) in [6.07, 6.45) is 0.871. The van der Waals surface area contributed by atoms with Gasteiger partial charge >= 0.3 is 0 Å². The van der Waals surface area contributed by atoms with Crippen molar-refractivity contribution in [3.8, 4) is 0 Å². The summed E-state index contributed by atoms with van der Waals surface area (Å²) in [6, 6.07) is 4.54. The minimum absolute atomic E-state index is 0.172. The smallest absolute Gasteiger partial charge is 0.163 e. The van der Waals surface area contributed by atoms with Crippen LogP contribution in [0.5, 0.6) is 0 Å². The number of likely N-dealkylation sites (N-methyl/N-ethyl adjacent to an activating group) is 1. The average molecular weight is 284 g/mol. The Labute approximate surface area is 118 Å². The van der Waals surface area contributed by atoms with E-state index in [1.54, 1.807) is 6.07 Å². The fourth-order valence-corrected chi connectivity index (χ4v) is 2.90. The quantitative estimate of drug-likeness (QED) is 0.912. The first kappa shape index (κ1) is 15.4. The van der Waals surface area contributed by atoms with Crippen molar-refractivity contribution < 1.29 is 13.9 Å². The van der Waals surface area contributed by atoms with Gasteiger partial charge in [0.2, 0.25) is 0 Å². The van der Waals surface area contributed by atoms with Gasteiger partial charge in [-0.15, -0.1) is 0 Å². The highest BCUT2D eigenvalue weighted by Gasteiger charge is 2.30. The number of hydrogen-bond acceptors (Lipinski definition) is 3. The highest BCUT2D eigenvalue weighted by atomic mass is 19.2. The van der Waals surface area contributed by atoms with Gasteiger partial charge in [0.25, 0.3) is 0 Å². The van der Waals surface area contributed by atoms with Crippen molar-refractivity contribution in [3.05, 3.63) is 35.4 Å². The van der Waals surface area contributed by atoms with E-state index < -0.39 is 11.6 Å². The lowest BCUT2D eigenvalue weighted by Crippen LogP contribution is -2.51. The van der Waals surface area contributed by atoms with E-state index >= 15 is 0 Å². The highest BCUT2D eigenvalue weighted by molar-refractivity contribution is 5.19. The van der Waals surface area contributed by atoms with Gasteiger partial charge in [-0.3, -0.25) is 4.90 Å². The summed E-state index contributed by atoms with van der Waals surface area (Å²) in [5.41, 5.74) is 0.393. The zero-order valence-electron chi connectivity index (χ0n) is 12.0. The maximum absolute atomic E-state index is 13.7. The van der Waals surface area contributed by atoms with Crippen molar-refractivity contribution in [3.63, 3.8) is 0 Å². The van der Waals surface area contributed by atoms with Gasteiger partial charge in [-0.05, 0) is 39.0 Å². The van der Waals surface area contributed by atoms with Gasteiger partial charge < -0.3 is 10.0 Å². The molecule has 1 aromatic rings. The molecule has 1 aliphatic heterocycles. The molecule has 1 N–H and O–H groups in total. The van der Waals surface area contributed by atoms with Crippen molar-refractivity contribution in [2.75, 3.05) is 33.8 Å². The van der Waals surface area contributed by atoms with Gasteiger partial charge in [-0.25, -0.2) is 8.78 Å². The number of aliphatic hydroxyl groups is 1. The molecule has 112 valence electrons. The SMILES string of the molecule is CN(C)[C@@H]1CN(Cc2cccc(F)c2F)CC[C@@H]1CO. The predicted octanol–water partition coefficient (Wildman–Crippen LogP) is 1.71. The summed E-state index contributed by atoms with van der Waals surface area (Å²) in [5.74, 6) is -1.30. The molecule has 0 amide bonds. The zero-order valence-corrected chi connectivity index (χ0v) is 12.0. The van der Waals surface area contributed by atoms with Crippen LogP contribution in [0.1, 0.15) is 12.0 Å². The number of benzene rings is 1. The number of halogens is 2. The molecule has 0 radical (unpaired) electrons. The van der Waals surface area contributed by atoms with E-state index in [4.69, 9.17) is 0 Å². The maximum Gasteiger partial charge on any atom is 0.163 e. The van der Waals surface area contributed by atoms with E-state index in [1.807, 2.05) is 14.1 Å². The molecule has 2 rings (SSSR count). The lowest BCUT2D eigenvalue weighted by Gasteiger charge is -2.41. The molecule has 0 spiro atoms. The van der Waals surface area contributed by atoms with Crippen LogP contribution >= 0.6 is 0 Å². The third-order valence-electron chi connectivity index (χ3n) is 4.13. The first-order valence-electron chi connectivity index (χ1n) is 6.95. The Kier molecular flexibility index (Phi) is 5.07. The molecule has 0 bridgehead atoms. The van der Waals surface area contributed by atoms with Gasteiger partial charge in [-0.1, -0.05) is 12.1 Å². The summed E-state index contributed by atoms with van der Waals surface area (Å²) in [7, 11) is 3.97. The number of piperidine rings is 1. The molecule has 1 aliphatic rings. The zero-order chi connectivity index (χ0) is 14.7. The van der Waals surface area contributed by atoms with Gasteiger partial charge in [0, 0.05) is 31.3 Å². The van der Waals surface area contributed by atoms with Gasteiger partial charge in [0.15, 0.2) is 11.6 Å². The number of nitrogens with zero attached hydrogens (tertiary/aromatic N) is 2. The van der Waals surface area contributed by atoms with E-state index in [0.717, 1.165) is 25.6 Å². The summed E-state index contributed by atoms with van der Waals surface area (Å²) >= 11 is 0. The lowest BCUT2D eigenvalue weighted by molar-refractivity contribution is 0.0456. The number of likely N-dealkylation sites (tertiary alicyclic amines) is 1. The Balaban J connectivity index is 2.05. The minimum atomic E-state index is -0.795. The second-order valence-electron chi connectivity index (χ2n) is 5.71. The molecule has 5 heteroatoms. The summed E-state index contributed by atoms with van der Waals surface area (Å²) in [5, 5.41) is 9.41. The van der Waals surface area contributed by atoms with Gasteiger partial charge in [-0.2, -0.15) is 0 Å². The predicted molar refractivity (Wildman–Crippen MR) is 74.3 cm³/mol. The molecular weight excluding hydrogens is 262 g/mol. The third-order valence-corrected chi connectivity index (χ3v) is 4.13. The minimum Gasteiger partial charge on any atom is -0.396 e. The molecule has 1 saturated heterocycles. The highest BCUT2D eigenvalue weighted by Crippen LogP contribution is 2.23. The fourth-order valence-electron chi connectivity index (χ4n) is 2.90.